The standard InChI is InChI=1S/C13H19NO2/c1-2-3-5-10-6-4-7-11(10)14-12(15)8-9-13(14)16/h8-11H,2-7H2,1H3/t10-,11-/m0/s1. The Morgan fingerprint density at radius 2 is 1.94 bits per heavy atom. The zero-order chi connectivity index (χ0) is 11.5. The summed E-state index contributed by atoms with van der Waals surface area (Å²) in [6.07, 6.45) is 9.65. The molecule has 3 heteroatoms. The fourth-order valence-electron chi connectivity index (χ4n) is 2.90. The lowest BCUT2D eigenvalue weighted by Crippen LogP contribution is -2.42. The largest absolute Gasteiger partial charge is 0.272 e. The van der Waals surface area contributed by atoms with Gasteiger partial charge in [-0.3, -0.25) is 14.5 Å². The number of amides is 2. The van der Waals surface area contributed by atoms with Crippen LogP contribution in [0.25, 0.3) is 0 Å². The third kappa shape index (κ3) is 2.04. The molecule has 3 nitrogen and oxygen atoms in total. The van der Waals surface area contributed by atoms with Gasteiger partial charge < -0.3 is 0 Å². The molecule has 2 amide bonds. The Morgan fingerprint density at radius 1 is 1.25 bits per heavy atom. The summed E-state index contributed by atoms with van der Waals surface area (Å²) < 4.78 is 0. The molecule has 0 bridgehead atoms. The van der Waals surface area contributed by atoms with Gasteiger partial charge in [0.05, 0.1) is 0 Å². The van der Waals surface area contributed by atoms with Crippen molar-refractivity contribution >= 4 is 11.8 Å². The minimum atomic E-state index is -0.113. The van der Waals surface area contributed by atoms with Crippen LogP contribution in [0.4, 0.5) is 0 Å². The average Bonchev–Trinajstić information content (AvgIpc) is 2.83. The van der Waals surface area contributed by atoms with Crippen molar-refractivity contribution in [2.45, 2.75) is 51.5 Å². The van der Waals surface area contributed by atoms with Crippen molar-refractivity contribution in [2.75, 3.05) is 0 Å². The Balaban J connectivity index is 2.02. The maximum atomic E-state index is 11.6. The molecule has 0 aromatic rings. The second-order valence-corrected chi connectivity index (χ2v) is 4.78. The molecule has 1 aliphatic heterocycles. The first-order valence-corrected chi connectivity index (χ1v) is 6.29. The Labute approximate surface area is 96.5 Å². The highest BCUT2D eigenvalue weighted by Crippen LogP contribution is 2.34. The summed E-state index contributed by atoms with van der Waals surface area (Å²) in [4.78, 5) is 24.7. The van der Waals surface area contributed by atoms with Crippen LogP contribution in [0, 0.1) is 5.92 Å². The van der Waals surface area contributed by atoms with Gasteiger partial charge in [-0.15, -0.1) is 0 Å². The number of rotatable bonds is 4. The van der Waals surface area contributed by atoms with E-state index in [9.17, 15) is 9.59 Å². The first kappa shape index (κ1) is 11.4. The summed E-state index contributed by atoms with van der Waals surface area (Å²) in [5.74, 6) is 0.310. The van der Waals surface area contributed by atoms with Gasteiger partial charge in [-0.1, -0.05) is 26.2 Å². The average molecular weight is 221 g/mol. The minimum absolute atomic E-state index is 0.113. The molecule has 2 atom stereocenters. The topological polar surface area (TPSA) is 37.4 Å². The van der Waals surface area contributed by atoms with E-state index in [1.165, 1.54) is 36.3 Å². The van der Waals surface area contributed by atoms with Crippen LogP contribution in [0.3, 0.4) is 0 Å². The molecule has 0 unspecified atom stereocenters. The number of carbonyl (C=O) groups is 2. The molecule has 0 aromatic heterocycles. The highest BCUT2D eigenvalue weighted by molar-refractivity contribution is 6.13. The predicted octanol–water partition coefficient (Wildman–Crippen LogP) is 2.27. The van der Waals surface area contributed by atoms with Gasteiger partial charge in [0.15, 0.2) is 0 Å². The Bertz CT molecular complexity index is 304. The molecule has 16 heavy (non-hydrogen) atoms. The fourth-order valence-corrected chi connectivity index (χ4v) is 2.90. The highest BCUT2D eigenvalue weighted by Gasteiger charge is 2.38. The highest BCUT2D eigenvalue weighted by atomic mass is 16.2. The minimum Gasteiger partial charge on any atom is -0.272 e. The van der Waals surface area contributed by atoms with Crippen LogP contribution < -0.4 is 0 Å². The van der Waals surface area contributed by atoms with E-state index in [1.807, 2.05) is 0 Å². The van der Waals surface area contributed by atoms with Crippen molar-refractivity contribution < 1.29 is 9.59 Å². The van der Waals surface area contributed by atoms with Crippen molar-refractivity contribution in [3.63, 3.8) is 0 Å². The summed E-state index contributed by atoms with van der Waals surface area (Å²) in [6, 6.07) is 0.168. The van der Waals surface area contributed by atoms with E-state index in [-0.39, 0.29) is 17.9 Å². The number of carbonyl (C=O) groups excluding carboxylic acids is 2. The summed E-state index contributed by atoms with van der Waals surface area (Å²) in [5, 5.41) is 0. The second kappa shape index (κ2) is 4.81. The van der Waals surface area contributed by atoms with Crippen LogP contribution in [0.2, 0.25) is 0 Å². The molecule has 0 saturated heterocycles. The van der Waals surface area contributed by atoms with E-state index >= 15 is 0 Å². The van der Waals surface area contributed by atoms with Gasteiger partial charge in [-0.2, -0.15) is 0 Å². The van der Waals surface area contributed by atoms with E-state index < -0.39 is 0 Å². The number of hydrogen-bond acceptors (Lipinski definition) is 2. The number of hydrogen-bond donors (Lipinski definition) is 0. The summed E-state index contributed by atoms with van der Waals surface area (Å²) >= 11 is 0. The van der Waals surface area contributed by atoms with Crippen molar-refractivity contribution in [1.82, 2.24) is 4.90 Å². The molecular formula is C13H19NO2. The molecule has 88 valence electrons. The Kier molecular flexibility index (Phi) is 3.42. The zero-order valence-electron chi connectivity index (χ0n) is 9.82. The smallest absolute Gasteiger partial charge is 0.253 e. The predicted molar refractivity (Wildman–Crippen MR) is 61.6 cm³/mol. The fraction of sp³-hybridized carbons (Fsp3) is 0.692. The van der Waals surface area contributed by atoms with Gasteiger partial charge in [-0.05, 0) is 25.2 Å². The summed E-state index contributed by atoms with van der Waals surface area (Å²) in [5.41, 5.74) is 0. The maximum absolute atomic E-state index is 11.6. The van der Waals surface area contributed by atoms with E-state index in [0.29, 0.717) is 5.92 Å². The molecule has 1 saturated carbocycles. The lowest BCUT2D eigenvalue weighted by molar-refractivity contribution is -0.140. The van der Waals surface area contributed by atoms with E-state index in [1.54, 1.807) is 0 Å². The molecule has 1 aliphatic carbocycles. The Hall–Kier alpha value is -1.12. The van der Waals surface area contributed by atoms with Gasteiger partial charge in [0, 0.05) is 18.2 Å². The maximum Gasteiger partial charge on any atom is 0.253 e. The van der Waals surface area contributed by atoms with Crippen molar-refractivity contribution in [1.29, 1.82) is 0 Å². The lowest BCUT2D eigenvalue weighted by Gasteiger charge is -2.27. The molecule has 0 spiro atoms. The van der Waals surface area contributed by atoms with Crippen LogP contribution in [-0.2, 0) is 9.59 Å². The molecule has 1 fully saturated rings. The number of nitrogens with zero attached hydrogens (tertiary/aromatic N) is 1. The van der Waals surface area contributed by atoms with Crippen LogP contribution in [0.15, 0.2) is 12.2 Å². The van der Waals surface area contributed by atoms with Crippen LogP contribution in [-0.4, -0.2) is 22.8 Å². The third-order valence-electron chi connectivity index (χ3n) is 3.72. The van der Waals surface area contributed by atoms with Gasteiger partial charge in [0.25, 0.3) is 11.8 Å². The second-order valence-electron chi connectivity index (χ2n) is 4.78. The van der Waals surface area contributed by atoms with E-state index in [2.05, 4.69) is 6.92 Å². The molecule has 0 aromatic carbocycles. The monoisotopic (exact) mass is 221 g/mol. The molecule has 0 radical (unpaired) electrons. The quantitative estimate of drug-likeness (QED) is 0.683. The normalized spacial score (nSPS) is 29.4. The first-order valence-electron chi connectivity index (χ1n) is 6.29. The van der Waals surface area contributed by atoms with Crippen molar-refractivity contribution in [2.24, 2.45) is 5.92 Å². The van der Waals surface area contributed by atoms with Crippen LogP contribution >= 0.6 is 0 Å². The lowest BCUT2D eigenvalue weighted by atomic mass is 9.96. The third-order valence-corrected chi connectivity index (χ3v) is 3.72. The van der Waals surface area contributed by atoms with Crippen molar-refractivity contribution in [3.8, 4) is 0 Å². The van der Waals surface area contributed by atoms with Gasteiger partial charge in [0.2, 0.25) is 0 Å². The van der Waals surface area contributed by atoms with Gasteiger partial charge >= 0.3 is 0 Å². The molecule has 2 aliphatic rings. The number of imide groups is 1. The molecule has 0 N–H and O–H groups in total. The molecule has 1 heterocycles. The van der Waals surface area contributed by atoms with Crippen LogP contribution in [0.1, 0.15) is 45.4 Å². The van der Waals surface area contributed by atoms with Gasteiger partial charge in [-0.25, -0.2) is 0 Å². The van der Waals surface area contributed by atoms with E-state index in [4.69, 9.17) is 0 Å². The van der Waals surface area contributed by atoms with Crippen LogP contribution in [0.5, 0.6) is 0 Å². The number of unbranched alkanes of at least 4 members (excludes halogenated alkanes) is 1. The van der Waals surface area contributed by atoms with Gasteiger partial charge in [0.1, 0.15) is 0 Å². The van der Waals surface area contributed by atoms with E-state index in [0.717, 1.165) is 19.3 Å². The SMILES string of the molecule is CCCC[C@H]1CCC[C@@H]1N1C(=O)C=CC1=O. The molecule has 2 rings (SSSR count). The zero-order valence-corrected chi connectivity index (χ0v) is 9.82. The first-order chi connectivity index (χ1) is 7.74. The van der Waals surface area contributed by atoms with Crippen molar-refractivity contribution in [3.05, 3.63) is 12.2 Å². The Morgan fingerprint density at radius 3 is 2.56 bits per heavy atom. The summed E-state index contributed by atoms with van der Waals surface area (Å²) in [7, 11) is 0. The summed E-state index contributed by atoms with van der Waals surface area (Å²) in [6.45, 7) is 2.18. The molecular weight excluding hydrogens is 202 g/mol.